The molecule has 1 aliphatic heterocycles. The zero-order chi connectivity index (χ0) is 20.4. The number of carbonyl (C=O) groups is 1. The molecule has 0 unspecified atom stereocenters. The lowest BCUT2D eigenvalue weighted by Crippen LogP contribution is -2.06. The Balaban J connectivity index is 1.57. The van der Waals surface area contributed by atoms with Crippen molar-refractivity contribution in [1.29, 1.82) is 0 Å². The molecule has 2 aromatic carbocycles. The minimum atomic E-state index is -0.645. The van der Waals surface area contributed by atoms with Gasteiger partial charge in [-0.2, -0.15) is 5.10 Å². The maximum atomic E-state index is 12.2. The lowest BCUT2D eigenvalue weighted by Gasteiger charge is -2.00. The highest BCUT2D eigenvalue weighted by atomic mass is 35.5. The molecule has 2 heterocycles. The summed E-state index contributed by atoms with van der Waals surface area (Å²) in [6.45, 7) is 0.595. The minimum absolute atomic E-state index is 0.00901. The summed E-state index contributed by atoms with van der Waals surface area (Å²) in [5, 5.41) is 15.3. The molecule has 4 rings (SSSR count). The fourth-order valence-electron chi connectivity index (χ4n) is 2.79. The first-order valence-electron chi connectivity index (χ1n) is 8.53. The highest BCUT2D eigenvalue weighted by Crippen LogP contribution is 2.27. The van der Waals surface area contributed by atoms with Gasteiger partial charge in [0, 0.05) is 23.4 Å². The van der Waals surface area contributed by atoms with E-state index in [4.69, 9.17) is 16.3 Å². The van der Waals surface area contributed by atoms with E-state index < -0.39 is 10.9 Å². The van der Waals surface area contributed by atoms with Gasteiger partial charge in [0.15, 0.2) is 5.70 Å². The van der Waals surface area contributed by atoms with Gasteiger partial charge in [-0.25, -0.2) is 9.79 Å². The lowest BCUT2D eigenvalue weighted by molar-refractivity contribution is -0.384. The highest BCUT2D eigenvalue weighted by molar-refractivity contribution is 6.32. The predicted molar refractivity (Wildman–Crippen MR) is 106 cm³/mol. The van der Waals surface area contributed by atoms with Crippen molar-refractivity contribution in [1.82, 2.24) is 9.78 Å². The number of carbonyl (C=O) groups excluding carboxylic acids is 1. The number of benzene rings is 2. The zero-order valence-corrected chi connectivity index (χ0v) is 15.6. The van der Waals surface area contributed by atoms with Crippen LogP contribution in [0.4, 0.5) is 5.69 Å². The molecule has 29 heavy (non-hydrogen) atoms. The number of halogens is 1. The van der Waals surface area contributed by atoms with E-state index in [2.05, 4.69) is 10.1 Å². The highest BCUT2D eigenvalue weighted by Gasteiger charge is 2.26. The van der Waals surface area contributed by atoms with Crippen LogP contribution in [0.2, 0.25) is 5.02 Å². The summed E-state index contributed by atoms with van der Waals surface area (Å²) < 4.78 is 6.90. The first kappa shape index (κ1) is 18.6. The van der Waals surface area contributed by atoms with Crippen LogP contribution in [0.1, 0.15) is 16.7 Å². The monoisotopic (exact) mass is 408 g/mol. The van der Waals surface area contributed by atoms with Crippen LogP contribution in [0.25, 0.3) is 6.08 Å². The molecule has 0 saturated heterocycles. The number of nitrogens with zero attached hydrogens (tertiary/aromatic N) is 4. The third-order valence-corrected chi connectivity index (χ3v) is 4.47. The number of aliphatic imine (C=N–C) groups is 1. The van der Waals surface area contributed by atoms with Gasteiger partial charge in [-0.05, 0) is 23.8 Å². The Morgan fingerprint density at radius 3 is 2.76 bits per heavy atom. The van der Waals surface area contributed by atoms with Crippen LogP contribution < -0.4 is 0 Å². The summed E-state index contributed by atoms with van der Waals surface area (Å²) in [4.78, 5) is 26.7. The van der Waals surface area contributed by atoms with Crippen molar-refractivity contribution < 1.29 is 14.5 Å². The van der Waals surface area contributed by atoms with E-state index in [0.717, 1.165) is 5.56 Å². The number of ether oxygens (including phenoxy) is 1. The fraction of sp³-hybridized carbons (Fsp3) is 0.0500. The number of hydrogen-bond acceptors (Lipinski definition) is 6. The molecular weight excluding hydrogens is 396 g/mol. The molecule has 0 fully saturated rings. The number of nitro benzene ring substituents is 1. The van der Waals surface area contributed by atoms with Crippen molar-refractivity contribution in [2.45, 2.75) is 6.54 Å². The van der Waals surface area contributed by atoms with E-state index in [9.17, 15) is 14.9 Å². The standard InChI is InChI=1S/C20H13ClN4O4/c21-16-7-6-15(9-18(16)25(27)28)19-23-17(20(26)29-19)8-14-10-22-24(12-14)11-13-4-2-1-3-5-13/h1-10,12H,11H2/b17-8-. The number of hydrogen-bond donors (Lipinski definition) is 0. The second-order valence-electron chi connectivity index (χ2n) is 6.22. The molecule has 0 saturated carbocycles. The van der Waals surface area contributed by atoms with E-state index in [1.54, 1.807) is 23.2 Å². The SMILES string of the molecule is O=C1OC(c2ccc(Cl)c([N+](=O)[O-])c2)=N/C1=C\c1cnn(Cc2ccccc2)c1. The molecular formula is C20H13ClN4O4. The van der Waals surface area contributed by atoms with Gasteiger partial charge in [-0.15, -0.1) is 0 Å². The van der Waals surface area contributed by atoms with E-state index in [1.165, 1.54) is 18.2 Å². The smallest absolute Gasteiger partial charge is 0.363 e. The van der Waals surface area contributed by atoms with Crippen LogP contribution in [-0.2, 0) is 16.1 Å². The van der Waals surface area contributed by atoms with Crippen molar-refractivity contribution in [3.63, 3.8) is 0 Å². The van der Waals surface area contributed by atoms with Crippen molar-refractivity contribution in [2.75, 3.05) is 0 Å². The summed E-state index contributed by atoms with van der Waals surface area (Å²) in [7, 11) is 0. The number of rotatable bonds is 5. The van der Waals surface area contributed by atoms with E-state index >= 15 is 0 Å². The third-order valence-electron chi connectivity index (χ3n) is 4.15. The van der Waals surface area contributed by atoms with Crippen LogP contribution >= 0.6 is 11.6 Å². The topological polar surface area (TPSA) is 99.6 Å². The quantitative estimate of drug-likeness (QED) is 0.276. The molecule has 0 N–H and O–H groups in total. The number of nitro groups is 1. The van der Waals surface area contributed by atoms with Gasteiger partial charge in [0.25, 0.3) is 5.69 Å². The van der Waals surface area contributed by atoms with Gasteiger partial charge in [-0.3, -0.25) is 14.8 Å². The Hall–Kier alpha value is -3.78. The molecule has 0 atom stereocenters. The Morgan fingerprint density at radius 2 is 2.00 bits per heavy atom. The number of aromatic nitrogens is 2. The molecule has 9 heteroatoms. The molecule has 0 amide bonds. The van der Waals surface area contributed by atoms with E-state index in [-0.39, 0.29) is 27.9 Å². The Morgan fingerprint density at radius 1 is 1.21 bits per heavy atom. The first-order chi connectivity index (χ1) is 14.0. The Kier molecular flexibility index (Phi) is 4.92. The summed E-state index contributed by atoms with van der Waals surface area (Å²) in [6.07, 6.45) is 4.95. The number of esters is 1. The molecule has 0 spiro atoms. The van der Waals surface area contributed by atoms with Crippen molar-refractivity contribution in [3.8, 4) is 0 Å². The van der Waals surface area contributed by atoms with Gasteiger partial charge in [0.2, 0.25) is 5.90 Å². The molecule has 0 radical (unpaired) electrons. The van der Waals surface area contributed by atoms with Crippen LogP contribution in [-0.4, -0.2) is 26.6 Å². The Labute approximate surface area is 169 Å². The molecule has 0 aliphatic carbocycles. The minimum Gasteiger partial charge on any atom is -0.402 e. The maximum absolute atomic E-state index is 12.2. The van der Waals surface area contributed by atoms with Gasteiger partial charge in [-0.1, -0.05) is 41.9 Å². The van der Waals surface area contributed by atoms with Crippen LogP contribution in [0.15, 0.2) is 71.6 Å². The zero-order valence-electron chi connectivity index (χ0n) is 14.9. The molecule has 1 aromatic heterocycles. The lowest BCUT2D eigenvalue weighted by atomic mass is 10.2. The normalized spacial score (nSPS) is 14.7. The van der Waals surface area contributed by atoms with Crippen molar-refractivity contribution in [3.05, 3.63) is 98.4 Å². The van der Waals surface area contributed by atoms with Crippen LogP contribution in [0, 0.1) is 10.1 Å². The van der Waals surface area contributed by atoms with Gasteiger partial charge in [0.1, 0.15) is 5.02 Å². The molecule has 1 aliphatic rings. The van der Waals surface area contributed by atoms with E-state index in [0.29, 0.717) is 12.1 Å². The van der Waals surface area contributed by atoms with Gasteiger partial charge >= 0.3 is 5.97 Å². The molecule has 144 valence electrons. The largest absolute Gasteiger partial charge is 0.402 e. The van der Waals surface area contributed by atoms with Crippen LogP contribution in [0.5, 0.6) is 0 Å². The maximum Gasteiger partial charge on any atom is 0.363 e. The van der Waals surface area contributed by atoms with Crippen molar-refractivity contribution in [2.24, 2.45) is 4.99 Å². The summed E-state index contributed by atoms with van der Waals surface area (Å²) >= 11 is 5.81. The second-order valence-corrected chi connectivity index (χ2v) is 6.62. The van der Waals surface area contributed by atoms with E-state index in [1.807, 2.05) is 30.3 Å². The molecule has 8 nitrogen and oxygen atoms in total. The average molecular weight is 409 g/mol. The summed E-state index contributed by atoms with van der Waals surface area (Å²) in [6, 6.07) is 13.9. The average Bonchev–Trinajstić information content (AvgIpc) is 3.29. The fourth-order valence-corrected chi connectivity index (χ4v) is 2.97. The van der Waals surface area contributed by atoms with Crippen LogP contribution in [0.3, 0.4) is 0 Å². The molecule has 3 aromatic rings. The Bertz CT molecular complexity index is 1170. The molecule has 0 bridgehead atoms. The second kappa shape index (κ2) is 7.69. The van der Waals surface area contributed by atoms with Gasteiger partial charge in [0.05, 0.1) is 17.7 Å². The first-order valence-corrected chi connectivity index (χ1v) is 8.90. The third kappa shape index (κ3) is 4.07. The van der Waals surface area contributed by atoms with Crippen molar-refractivity contribution >= 4 is 35.2 Å². The predicted octanol–water partition coefficient (Wildman–Crippen LogP) is 3.84. The summed E-state index contributed by atoms with van der Waals surface area (Å²) in [5.41, 5.74) is 1.86. The van der Waals surface area contributed by atoms with Gasteiger partial charge < -0.3 is 4.74 Å². The number of cyclic esters (lactones) is 1. The summed E-state index contributed by atoms with van der Waals surface area (Å²) in [5.74, 6) is -0.661.